The third-order valence-electron chi connectivity index (χ3n) is 2.77. The molecule has 1 heterocycles. The van der Waals surface area contributed by atoms with Crippen molar-refractivity contribution in [2.45, 2.75) is 18.5 Å². The summed E-state index contributed by atoms with van der Waals surface area (Å²) in [5, 5.41) is 2.97. The Morgan fingerprint density at radius 1 is 1.19 bits per heavy atom. The summed E-state index contributed by atoms with van der Waals surface area (Å²) in [6, 6.07) is 8.65. The zero-order valence-corrected chi connectivity index (χ0v) is 12.3. The number of anilines is 1. The molecule has 0 spiro atoms. The molecule has 0 saturated heterocycles. The number of rotatable bonds is 6. The molecule has 2 rings (SSSR count). The van der Waals surface area contributed by atoms with Gasteiger partial charge < -0.3 is 5.32 Å². The van der Waals surface area contributed by atoms with Crippen LogP contribution in [0, 0.1) is 5.82 Å². The van der Waals surface area contributed by atoms with Gasteiger partial charge in [0, 0.05) is 12.7 Å². The lowest BCUT2D eigenvalue weighted by Gasteiger charge is -2.08. The van der Waals surface area contributed by atoms with Crippen molar-refractivity contribution in [3.8, 4) is 0 Å². The monoisotopic (exact) mass is 309 g/mol. The van der Waals surface area contributed by atoms with Crippen LogP contribution in [0.3, 0.4) is 0 Å². The fraction of sp³-hybridized carbons (Fsp3) is 0.214. The maximum Gasteiger partial charge on any atom is 0.279 e. The summed E-state index contributed by atoms with van der Waals surface area (Å²) in [7, 11) is -3.89. The molecule has 0 amide bonds. The molecule has 0 radical (unpaired) electrons. The molecule has 5 nitrogen and oxygen atoms in total. The van der Waals surface area contributed by atoms with E-state index in [0.29, 0.717) is 6.54 Å². The van der Waals surface area contributed by atoms with Crippen LogP contribution in [-0.2, 0) is 16.6 Å². The minimum atomic E-state index is -3.89. The van der Waals surface area contributed by atoms with Gasteiger partial charge >= 0.3 is 0 Å². The third kappa shape index (κ3) is 3.99. The van der Waals surface area contributed by atoms with Gasteiger partial charge in [-0.3, -0.25) is 4.72 Å². The lowest BCUT2D eigenvalue weighted by atomic mass is 10.3. The molecule has 1 aromatic heterocycles. The minimum Gasteiger partial charge on any atom is -0.313 e. The van der Waals surface area contributed by atoms with Crippen molar-refractivity contribution in [2.24, 2.45) is 0 Å². The molecule has 0 unspecified atom stereocenters. The number of halogens is 1. The Bertz CT molecular complexity index is 702. The van der Waals surface area contributed by atoms with Gasteiger partial charge in [-0.05, 0) is 30.3 Å². The van der Waals surface area contributed by atoms with Gasteiger partial charge in [0.1, 0.15) is 5.82 Å². The molecule has 21 heavy (non-hydrogen) atoms. The summed E-state index contributed by atoms with van der Waals surface area (Å²) >= 11 is 0. The van der Waals surface area contributed by atoms with Crippen LogP contribution in [0.15, 0.2) is 47.6 Å². The van der Waals surface area contributed by atoms with Crippen LogP contribution in [0.25, 0.3) is 0 Å². The van der Waals surface area contributed by atoms with Gasteiger partial charge in [-0.15, -0.1) is 0 Å². The van der Waals surface area contributed by atoms with E-state index in [4.69, 9.17) is 0 Å². The standard InChI is InChI=1S/C14H16FN3O2S/c1-2-16-9-11-7-8-14(17-10-11)21(19,20)18-13-6-4-3-5-12(13)15/h3-8,10,16,18H,2,9H2,1H3. The highest BCUT2D eigenvalue weighted by atomic mass is 32.2. The lowest BCUT2D eigenvalue weighted by molar-refractivity contribution is 0.595. The Kier molecular flexibility index (Phi) is 4.87. The maximum atomic E-state index is 13.5. The number of pyridine rings is 1. The summed E-state index contributed by atoms with van der Waals surface area (Å²) in [5.41, 5.74) is 0.776. The van der Waals surface area contributed by atoms with Crippen LogP contribution in [0.2, 0.25) is 0 Å². The molecule has 0 aliphatic rings. The second kappa shape index (κ2) is 6.64. The van der Waals surface area contributed by atoms with E-state index in [0.717, 1.165) is 12.1 Å². The lowest BCUT2D eigenvalue weighted by Crippen LogP contribution is -2.16. The van der Waals surface area contributed by atoms with E-state index < -0.39 is 15.8 Å². The van der Waals surface area contributed by atoms with Crippen molar-refractivity contribution in [3.63, 3.8) is 0 Å². The zero-order valence-electron chi connectivity index (χ0n) is 11.5. The first-order valence-corrected chi connectivity index (χ1v) is 7.94. The van der Waals surface area contributed by atoms with E-state index in [2.05, 4.69) is 15.0 Å². The Hall–Kier alpha value is -1.99. The summed E-state index contributed by atoms with van der Waals surface area (Å²) in [6.45, 7) is 3.41. The van der Waals surface area contributed by atoms with Crippen molar-refractivity contribution in [1.29, 1.82) is 0 Å². The number of para-hydroxylation sites is 1. The number of sulfonamides is 1. The maximum absolute atomic E-state index is 13.5. The molecule has 0 atom stereocenters. The fourth-order valence-corrected chi connectivity index (χ4v) is 2.68. The van der Waals surface area contributed by atoms with Crippen LogP contribution in [0.1, 0.15) is 12.5 Å². The van der Waals surface area contributed by atoms with Crippen molar-refractivity contribution in [1.82, 2.24) is 10.3 Å². The van der Waals surface area contributed by atoms with Gasteiger partial charge in [0.25, 0.3) is 10.0 Å². The van der Waals surface area contributed by atoms with E-state index >= 15 is 0 Å². The van der Waals surface area contributed by atoms with Gasteiger partial charge in [0.05, 0.1) is 5.69 Å². The van der Waals surface area contributed by atoms with Gasteiger partial charge in [-0.25, -0.2) is 9.37 Å². The average molecular weight is 309 g/mol. The van der Waals surface area contributed by atoms with Gasteiger partial charge in [-0.1, -0.05) is 25.1 Å². The Balaban J connectivity index is 2.18. The quantitative estimate of drug-likeness (QED) is 0.857. The number of nitrogens with one attached hydrogen (secondary N) is 2. The molecule has 0 fully saturated rings. The summed E-state index contributed by atoms with van der Waals surface area (Å²) in [6.07, 6.45) is 1.48. The second-order valence-electron chi connectivity index (χ2n) is 4.37. The van der Waals surface area contributed by atoms with Crippen molar-refractivity contribution in [3.05, 3.63) is 54.0 Å². The van der Waals surface area contributed by atoms with Gasteiger partial charge in [-0.2, -0.15) is 8.42 Å². The predicted molar refractivity (Wildman–Crippen MR) is 78.8 cm³/mol. The number of aromatic nitrogens is 1. The first-order valence-electron chi connectivity index (χ1n) is 6.46. The zero-order chi connectivity index (χ0) is 15.3. The van der Waals surface area contributed by atoms with E-state index in [1.54, 1.807) is 12.1 Å². The first-order chi connectivity index (χ1) is 10.0. The highest BCUT2D eigenvalue weighted by Crippen LogP contribution is 2.17. The van der Waals surface area contributed by atoms with Crippen LogP contribution in [0.5, 0.6) is 0 Å². The summed E-state index contributed by atoms with van der Waals surface area (Å²) in [4.78, 5) is 3.92. The smallest absolute Gasteiger partial charge is 0.279 e. The molecule has 2 aromatic rings. The number of benzene rings is 1. The minimum absolute atomic E-state index is 0.101. The van der Waals surface area contributed by atoms with Crippen LogP contribution < -0.4 is 10.0 Å². The molecular weight excluding hydrogens is 293 g/mol. The van der Waals surface area contributed by atoms with E-state index in [1.807, 2.05) is 6.92 Å². The van der Waals surface area contributed by atoms with Crippen LogP contribution >= 0.6 is 0 Å². The fourth-order valence-electron chi connectivity index (χ4n) is 1.68. The number of nitrogens with zero attached hydrogens (tertiary/aromatic N) is 1. The highest BCUT2D eigenvalue weighted by molar-refractivity contribution is 7.92. The van der Waals surface area contributed by atoms with Crippen LogP contribution in [-0.4, -0.2) is 19.9 Å². The predicted octanol–water partition coefficient (Wildman–Crippen LogP) is 2.13. The highest BCUT2D eigenvalue weighted by Gasteiger charge is 2.17. The summed E-state index contributed by atoms with van der Waals surface area (Å²) < 4.78 is 39.9. The Morgan fingerprint density at radius 2 is 1.95 bits per heavy atom. The molecule has 112 valence electrons. The van der Waals surface area contributed by atoms with E-state index in [1.165, 1.54) is 30.5 Å². The SMILES string of the molecule is CCNCc1ccc(S(=O)(=O)Nc2ccccc2F)nc1. The molecular formula is C14H16FN3O2S. The normalized spacial score (nSPS) is 11.3. The number of hydrogen-bond acceptors (Lipinski definition) is 4. The van der Waals surface area contributed by atoms with Crippen molar-refractivity contribution >= 4 is 15.7 Å². The van der Waals surface area contributed by atoms with E-state index in [-0.39, 0.29) is 10.7 Å². The summed E-state index contributed by atoms with van der Waals surface area (Å²) in [5.74, 6) is -0.634. The first kappa shape index (κ1) is 15.4. The largest absolute Gasteiger partial charge is 0.313 e. The molecule has 0 saturated carbocycles. The molecule has 0 aliphatic carbocycles. The van der Waals surface area contributed by atoms with Gasteiger partial charge in [0.2, 0.25) is 0 Å². The Labute approximate surface area is 123 Å². The number of hydrogen-bond donors (Lipinski definition) is 2. The topological polar surface area (TPSA) is 71.1 Å². The van der Waals surface area contributed by atoms with Gasteiger partial charge in [0.15, 0.2) is 5.03 Å². The van der Waals surface area contributed by atoms with Crippen molar-refractivity contribution in [2.75, 3.05) is 11.3 Å². The third-order valence-corrected chi connectivity index (χ3v) is 4.05. The molecule has 0 bridgehead atoms. The van der Waals surface area contributed by atoms with E-state index in [9.17, 15) is 12.8 Å². The van der Waals surface area contributed by atoms with Crippen molar-refractivity contribution < 1.29 is 12.8 Å². The van der Waals surface area contributed by atoms with Crippen LogP contribution in [0.4, 0.5) is 10.1 Å². The molecule has 7 heteroatoms. The average Bonchev–Trinajstić information content (AvgIpc) is 2.48. The molecule has 1 aromatic carbocycles. The Morgan fingerprint density at radius 3 is 2.57 bits per heavy atom. The molecule has 2 N–H and O–H groups in total. The molecule has 0 aliphatic heterocycles. The second-order valence-corrected chi connectivity index (χ2v) is 6.00.